The lowest BCUT2D eigenvalue weighted by Crippen LogP contribution is -2.42. The number of aromatic hydroxyl groups is 1. The average Bonchev–Trinajstić information content (AvgIpc) is 2.63. The zero-order valence-corrected chi connectivity index (χ0v) is 14.6. The molecule has 0 saturated heterocycles. The Balaban J connectivity index is 2.27. The van der Waals surface area contributed by atoms with Gasteiger partial charge in [0, 0.05) is 18.2 Å². The van der Waals surface area contributed by atoms with Crippen molar-refractivity contribution in [1.82, 2.24) is 4.90 Å². The topological polar surface area (TPSA) is 96.3 Å². The van der Waals surface area contributed by atoms with Gasteiger partial charge in [-0.05, 0) is 23.8 Å². The van der Waals surface area contributed by atoms with E-state index in [9.17, 15) is 19.8 Å². The third-order valence-corrected chi connectivity index (χ3v) is 4.70. The third kappa shape index (κ3) is 2.61. The molecular formula is C19H19NO6. The van der Waals surface area contributed by atoms with Crippen LogP contribution in [0, 0.1) is 0 Å². The Labute approximate surface area is 150 Å². The molecule has 0 aliphatic carbocycles. The highest BCUT2D eigenvalue weighted by Gasteiger charge is 2.44. The van der Waals surface area contributed by atoms with Crippen molar-refractivity contribution in [3.05, 3.63) is 53.1 Å². The van der Waals surface area contributed by atoms with E-state index in [1.165, 1.54) is 44.4 Å². The minimum atomic E-state index is -1.11. The highest BCUT2D eigenvalue weighted by molar-refractivity contribution is 6.01. The number of carboxylic acid groups (broad SMARTS) is 1. The van der Waals surface area contributed by atoms with Gasteiger partial charge in [0.1, 0.15) is 11.7 Å². The first-order valence-electron chi connectivity index (χ1n) is 7.94. The number of para-hydroxylation sites is 1. The molecule has 0 saturated carbocycles. The van der Waals surface area contributed by atoms with Gasteiger partial charge in [-0.25, -0.2) is 0 Å². The van der Waals surface area contributed by atoms with Crippen molar-refractivity contribution in [2.45, 2.75) is 12.0 Å². The molecule has 1 amide bonds. The summed E-state index contributed by atoms with van der Waals surface area (Å²) in [7, 11) is 4.41. The van der Waals surface area contributed by atoms with Crippen LogP contribution in [-0.2, 0) is 4.79 Å². The number of ether oxygens (including phenoxy) is 2. The number of benzene rings is 2. The van der Waals surface area contributed by atoms with Gasteiger partial charge >= 0.3 is 5.97 Å². The number of carbonyl (C=O) groups is 2. The third-order valence-electron chi connectivity index (χ3n) is 4.70. The minimum Gasteiger partial charge on any atom is -0.508 e. The van der Waals surface area contributed by atoms with Crippen LogP contribution < -0.4 is 9.47 Å². The van der Waals surface area contributed by atoms with E-state index in [2.05, 4.69) is 0 Å². The Morgan fingerprint density at radius 3 is 2.27 bits per heavy atom. The van der Waals surface area contributed by atoms with Crippen molar-refractivity contribution in [3.8, 4) is 17.2 Å². The Kier molecular flexibility index (Phi) is 4.46. The van der Waals surface area contributed by atoms with Gasteiger partial charge in [-0.15, -0.1) is 0 Å². The maximum absolute atomic E-state index is 12.9. The number of phenols is 1. The number of methoxy groups -OCH3 is 2. The first-order valence-corrected chi connectivity index (χ1v) is 7.94. The summed E-state index contributed by atoms with van der Waals surface area (Å²) in [6.07, 6.45) is 0. The number of fused-ring (bicyclic) bond motifs is 1. The zero-order chi connectivity index (χ0) is 19.0. The molecular weight excluding hydrogens is 338 g/mol. The van der Waals surface area contributed by atoms with Gasteiger partial charge in [0.25, 0.3) is 5.91 Å². The summed E-state index contributed by atoms with van der Waals surface area (Å²) in [5, 5.41) is 20.1. The maximum Gasteiger partial charge on any atom is 0.313 e. The average molecular weight is 357 g/mol. The van der Waals surface area contributed by atoms with E-state index in [-0.39, 0.29) is 17.2 Å². The molecule has 0 fully saturated rings. The molecule has 0 bridgehead atoms. The zero-order valence-electron chi connectivity index (χ0n) is 14.6. The summed E-state index contributed by atoms with van der Waals surface area (Å²) in [6, 6.07) is 8.57. The van der Waals surface area contributed by atoms with Crippen molar-refractivity contribution in [2.24, 2.45) is 0 Å². The fourth-order valence-corrected chi connectivity index (χ4v) is 3.44. The van der Waals surface area contributed by atoms with E-state index in [4.69, 9.17) is 9.47 Å². The van der Waals surface area contributed by atoms with Gasteiger partial charge < -0.3 is 24.6 Å². The minimum absolute atomic E-state index is 0.0627. The molecule has 2 atom stereocenters. The molecule has 136 valence electrons. The molecule has 2 unspecified atom stereocenters. The fourth-order valence-electron chi connectivity index (χ4n) is 3.44. The molecule has 2 N–H and O–H groups in total. The molecule has 2 aromatic rings. The summed E-state index contributed by atoms with van der Waals surface area (Å²) >= 11 is 0. The predicted octanol–water partition coefficient (Wildman–Crippen LogP) is 2.40. The second-order valence-electron chi connectivity index (χ2n) is 6.03. The standard InChI is InChI=1S/C19H19NO6/c1-20-17(10-6-4-5-7-13(10)21)16(19(23)24)11-8-14(25-2)15(26-3)9-12(11)18(20)22/h4-9,16-17,21H,1-3H3,(H,23,24). The van der Waals surface area contributed by atoms with Crippen molar-refractivity contribution < 1.29 is 29.3 Å². The van der Waals surface area contributed by atoms with Gasteiger partial charge in [-0.2, -0.15) is 0 Å². The van der Waals surface area contributed by atoms with E-state index >= 15 is 0 Å². The summed E-state index contributed by atoms with van der Waals surface area (Å²) < 4.78 is 10.5. The molecule has 26 heavy (non-hydrogen) atoms. The molecule has 3 rings (SSSR count). The summed E-state index contributed by atoms with van der Waals surface area (Å²) in [6.45, 7) is 0. The number of aliphatic carboxylic acids is 1. The fraction of sp³-hybridized carbons (Fsp3) is 0.263. The lowest BCUT2D eigenvalue weighted by Gasteiger charge is -2.39. The smallest absolute Gasteiger partial charge is 0.313 e. The largest absolute Gasteiger partial charge is 0.508 e. The number of rotatable bonds is 4. The van der Waals surface area contributed by atoms with Crippen LogP contribution in [-0.4, -0.2) is 48.3 Å². The summed E-state index contributed by atoms with van der Waals surface area (Å²) in [5.41, 5.74) is 0.937. The van der Waals surface area contributed by atoms with Gasteiger partial charge in [0.2, 0.25) is 0 Å². The normalized spacial score (nSPS) is 19.0. The van der Waals surface area contributed by atoms with E-state index in [1.807, 2.05) is 0 Å². The van der Waals surface area contributed by atoms with Crippen LogP contribution in [0.25, 0.3) is 0 Å². The highest BCUT2D eigenvalue weighted by atomic mass is 16.5. The number of phenolic OH excluding ortho intramolecular Hbond substituents is 1. The number of carbonyl (C=O) groups excluding carboxylic acids is 1. The number of likely N-dealkylation sites (N-methyl/N-ethyl adjacent to an activating group) is 1. The van der Waals surface area contributed by atoms with Crippen molar-refractivity contribution in [2.75, 3.05) is 21.3 Å². The van der Waals surface area contributed by atoms with E-state index in [0.717, 1.165) is 0 Å². The summed E-state index contributed by atoms with van der Waals surface area (Å²) in [5.74, 6) is -1.91. The van der Waals surface area contributed by atoms with Crippen molar-refractivity contribution in [1.29, 1.82) is 0 Å². The summed E-state index contributed by atoms with van der Waals surface area (Å²) in [4.78, 5) is 26.4. The van der Waals surface area contributed by atoms with E-state index in [0.29, 0.717) is 22.6 Å². The maximum atomic E-state index is 12.9. The van der Waals surface area contributed by atoms with Crippen LogP contribution in [0.15, 0.2) is 36.4 Å². The molecule has 1 aliphatic heterocycles. The molecule has 1 heterocycles. The van der Waals surface area contributed by atoms with E-state index < -0.39 is 17.9 Å². The van der Waals surface area contributed by atoms with Crippen LogP contribution in [0.4, 0.5) is 0 Å². The number of carboxylic acids is 1. The molecule has 0 spiro atoms. The van der Waals surface area contributed by atoms with Crippen LogP contribution in [0.5, 0.6) is 17.2 Å². The van der Waals surface area contributed by atoms with Crippen LogP contribution in [0.1, 0.15) is 33.4 Å². The van der Waals surface area contributed by atoms with Crippen LogP contribution in [0.3, 0.4) is 0 Å². The van der Waals surface area contributed by atoms with Gasteiger partial charge in [0.05, 0.1) is 20.3 Å². The van der Waals surface area contributed by atoms with Crippen molar-refractivity contribution in [3.63, 3.8) is 0 Å². The number of hydrogen-bond donors (Lipinski definition) is 2. The lowest BCUT2D eigenvalue weighted by atomic mass is 9.79. The predicted molar refractivity (Wildman–Crippen MR) is 92.9 cm³/mol. The molecule has 7 heteroatoms. The second-order valence-corrected chi connectivity index (χ2v) is 6.03. The highest BCUT2D eigenvalue weighted by Crippen LogP contribution is 2.47. The molecule has 2 aromatic carbocycles. The van der Waals surface area contributed by atoms with Gasteiger partial charge in [-0.1, -0.05) is 18.2 Å². The number of nitrogens with zero attached hydrogens (tertiary/aromatic N) is 1. The molecule has 1 aliphatic rings. The van der Waals surface area contributed by atoms with Gasteiger partial charge in [-0.3, -0.25) is 9.59 Å². The quantitative estimate of drug-likeness (QED) is 0.872. The number of hydrogen-bond acceptors (Lipinski definition) is 5. The Bertz CT molecular complexity index is 878. The first-order chi connectivity index (χ1) is 12.4. The molecule has 7 nitrogen and oxygen atoms in total. The molecule has 0 aromatic heterocycles. The van der Waals surface area contributed by atoms with Gasteiger partial charge in [0.15, 0.2) is 11.5 Å². The Hall–Kier alpha value is -3.22. The second kappa shape index (κ2) is 6.59. The SMILES string of the molecule is COc1cc2c(cc1OC)C(C(=O)O)C(c1ccccc1O)N(C)C2=O. The monoisotopic (exact) mass is 357 g/mol. The van der Waals surface area contributed by atoms with Crippen LogP contribution >= 0.6 is 0 Å². The van der Waals surface area contributed by atoms with Crippen LogP contribution in [0.2, 0.25) is 0 Å². The van der Waals surface area contributed by atoms with Crippen molar-refractivity contribution >= 4 is 11.9 Å². The lowest BCUT2D eigenvalue weighted by molar-refractivity contribution is -0.140. The number of amides is 1. The Morgan fingerprint density at radius 1 is 1.08 bits per heavy atom. The van der Waals surface area contributed by atoms with E-state index in [1.54, 1.807) is 18.2 Å². The first kappa shape index (κ1) is 17.6. The molecule has 0 radical (unpaired) electrons. The Morgan fingerprint density at radius 2 is 1.69 bits per heavy atom.